The van der Waals surface area contributed by atoms with Crippen molar-refractivity contribution >= 4 is 17.0 Å². The van der Waals surface area contributed by atoms with Crippen LogP contribution >= 0.6 is 11.6 Å². The molecule has 0 radical (unpaired) electrons. The summed E-state index contributed by atoms with van der Waals surface area (Å²) in [5, 5.41) is 0. The number of ether oxygens (including phenoxy) is 2. The molecule has 0 unspecified atom stereocenters. The summed E-state index contributed by atoms with van der Waals surface area (Å²) in [7, 11) is 1.49. The Hall–Kier alpha value is -1.22. The summed E-state index contributed by atoms with van der Waals surface area (Å²) in [6.07, 6.45) is 0. The molecule has 0 spiro atoms. The number of benzene rings is 1. The molecule has 0 heterocycles. The topological polar surface area (TPSA) is 35.5 Å². The Balaban J connectivity index is 2.89. The van der Waals surface area contributed by atoms with Crippen LogP contribution in [0.4, 0.5) is 4.79 Å². The summed E-state index contributed by atoms with van der Waals surface area (Å²) in [5.74, 6) is 0.798. The fourth-order valence-electron chi connectivity index (χ4n) is 0.790. The number of hydrogen-bond donors (Lipinski definition) is 0. The van der Waals surface area contributed by atoms with Crippen LogP contribution in [0.1, 0.15) is 0 Å². The lowest BCUT2D eigenvalue weighted by molar-refractivity contribution is 0.223. The molecule has 0 N–H and O–H groups in total. The molecular weight excluding hydrogens is 180 g/mol. The van der Waals surface area contributed by atoms with E-state index >= 15 is 0 Å². The number of carbonyl (C=O) groups excluding carboxylic acids is 1. The third-order valence-corrected chi connectivity index (χ3v) is 1.34. The molecule has 64 valence electrons. The highest BCUT2D eigenvalue weighted by Gasteiger charge is 2.05. The van der Waals surface area contributed by atoms with Gasteiger partial charge in [0, 0.05) is 11.6 Å². The maximum absolute atomic E-state index is 10.4. The quantitative estimate of drug-likeness (QED) is 0.666. The van der Waals surface area contributed by atoms with Gasteiger partial charge in [0.15, 0.2) is 11.5 Å². The van der Waals surface area contributed by atoms with Gasteiger partial charge < -0.3 is 9.47 Å². The second kappa shape index (κ2) is 3.97. The van der Waals surface area contributed by atoms with Crippen molar-refractivity contribution in [3.63, 3.8) is 0 Å². The average Bonchev–Trinajstić information content (AvgIpc) is 2.04. The Morgan fingerprint density at radius 1 is 1.33 bits per heavy atom. The van der Waals surface area contributed by atoms with Crippen LogP contribution in [0.15, 0.2) is 24.3 Å². The minimum absolute atomic E-state index is 0.319. The van der Waals surface area contributed by atoms with Gasteiger partial charge in [-0.3, -0.25) is 0 Å². The van der Waals surface area contributed by atoms with Gasteiger partial charge in [0.2, 0.25) is 0 Å². The fourth-order valence-corrected chi connectivity index (χ4v) is 0.873. The molecule has 1 aromatic carbocycles. The monoisotopic (exact) mass is 186 g/mol. The van der Waals surface area contributed by atoms with E-state index in [1.54, 1.807) is 24.3 Å². The maximum Gasteiger partial charge on any atom is 0.409 e. The molecular formula is C8H7ClO3. The summed E-state index contributed by atoms with van der Waals surface area (Å²) in [4.78, 5) is 10.4. The summed E-state index contributed by atoms with van der Waals surface area (Å²) in [6, 6.07) is 6.76. The van der Waals surface area contributed by atoms with E-state index in [0.717, 1.165) is 0 Å². The van der Waals surface area contributed by atoms with Gasteiger partial charge in [-0.1, -0.05) is 12.1 Å². The van der Waals surface area contributed by atoms with E-state index in [1.165, 1.54) is 7.11 Å². The zero-order valence-corrected chi connectivity index (χ0v) is 7.17. The molecule has 0 atom stereocenters. The van der Waals surface area contributed by atoms with Gasteiger partial charge in [-0.15, -0.1) is 0 Å². The van der Waals surface area contributed by atoms with E-state index in [1.807, 2.05) is 0 Å². The highest BCUT2D eigenvalue weighted by molar-refractivity contribution is 6.61. The van der Waals surface area contributed by atoms with E-state index in [0.29, 0.717) is 11.5 Å². The minimum Gasteiger partial charge on any atom is -0.493 e. The maximum atomic E-state index is 10.4. The van der Waals surface area contributed by atoms with Crippen LogP contribution < -0.4 is 9.47 Å². The molecule has 0 saturated carbocycles. The van der Waals surface area contributed by atoms with Crippen molar-refractivity contribution in [3.8, 4) is 11.5 Å². The Morgan fingerprint density at radius 3 is 2.42 bits per heavy atom. The number of rotatable bonds is 2. The number of carbonyl (C=O) groups is 1. The standard InChI is InChI=1S/C8H7ClO3/c1-11-6-4-2-3-5-7(6)12-8(9)10/h2-5H,1H3. The number of para-hydroxylation sites is 2. The molecule has 0 fully saturated rings. The molecule has 0 aromatic heterocycles. The van der Waals surface area contributed by atoms with E-state index in [-0.39, 0.29) is 0 Å². The first kappa shape index (κ1) is 8.87. The molecule has 3 nitrogen and oxygen atoms in total. The molecule has 1 rings (SSSR count). The molecule has 0 aliphatic carbocycles. The third kappa shape index (κ3) is 2.13. The first-order valence-corrected chi connectivity index (χ1v) is 3.62. The van der Waals surface area contributed by atoms with Crippen molar-refractivity contribution in [3.05, 3.63) is 24.3 Å². The van der Waals surface area contributed by atoms with Crippen molar-refractivity contribution in [2.24, 2.45) is 0 Å². The number of hydrogen-bond acceptors (Lipinski definition) is 3. The van der Waals surface area contributed by atoms with Crippen molar-refractivity contribution in [2.75, 3.05) is 7.11 Å². The van der Waals surface area contributed by atoms with Crippen LogP contribution in [0.2, 0.25) is 0 Å². The first-order chi connectivity index (χ1) is 5.74. The summed E-state index contributed by atoms with van der Waals surface area (Å²) in [5.41, 5.74) is -0.875. The van der Waals surface area contributed by atoms with Crippen LogP contribution in [-0.2, 0) is 0 Å². The van der Waals surface area contributed by atoms with Crippen LogP contribution in [0.5, 0.6) is 11.5 Å². The lowest BCUT2D eigenvalue weighted by Crippen LogP contribution is -1.98. The second-order valence-electron chi connectivity index (χ2n) is 1.99. The highest BCUT2D eigenvalue weighted by Crippen LogP contribution is 2.26. The molecule has 0 saturated heterocycles. The minimum atomic E-state index is -0.875. The van der Waals surface area contributed by atoms with E-state index in [4.69, 9.17) is 16.3 Å². The van der Waals surface area contributed by atoms with E-state index in [9.17, 15) is 4.79 Å². The number of halogens is 1. The van der Waals surface area contributed by atoms with E-state index < -0.39 is 5.43 Å². The van der Waals surface area contributed by atoms with Crippen molar-refractivity contribution < 1.29 is 14.3 Å². The molecule has 0 aliphatic heterocycles. The second-order valence-corrected chi connectivity index (χ2v) is 2.30. The molecule has 12 heavy (non-hydrogen) atoms. The Kier molecular flexibility index (Phi) is 2.94. The summed E-state index contributed by atoms with van der Waals surface area (Å²) >= 11 is 5.02. The van der Waals surface area contributed by atoms with Gasteiger partial charge in [0.25, 0.3) is 0 Å². The Labute approximate surface area is 74.9 Å². The van der Waals surface area contributed by atoms with E-state index in [2.05, 4.69) is 4.74 Å². The van der Waals surface area contributed by atoms with Crippen molar-refractivity contribution in [2.45, 2.75) is 0 Å². The SMILES string of the molecule is COc1ccccc1OC(=O)Cl. The predicted octanol–water partition coefficient (Wildman–Crippen LogP) is 2.43. The molecule has 0 amide bonds. The summed E-state index contributed by atoms with van der Waals surface area (Å²) in [6.45, 7) is 0. The van der Waals surface area contributed by atoms with Crippen LogP contribution in [0.25, 0.3) is 0 Å². The normalized spacial score (nSPS) is 9.17. The van der Waals surface area contributed by atoms with Gasteiger partial charge in [0.05, 0.1) is 7.11 Å². The van der Waals surface area contributed by atoms with Gasteiger partial charge >= 0.3 is 5.43 Å². The van der Waals surface area contributed by atoms with Gasteiger partial charge in [-0.05, 0) is 12.1 Å². The summed E-state index contributed by atoms with van der Waals surface area (Å²) < 4.78 is 9.55. The van der Waals surface area contributed by atoms with Gasteiger partial charge in [-0.25, -0.2) is 4.79 Å². The van der Waals surface area contributed by atoms with Crippen molar-refractivity contribution in [1.82, 2.24) is 0 Å². The molecule has 0 bridgehead atoms. The Morgan fingerprint density at radius 2 is 1.92 bits per heavy atom. The van der Waals surface area contributed by atoms with Crippen molar-refractivity contribution in [1.29, 1.82) is 0 Å². The third-order valence-electron chi connectivity index (χ3n) is 1.26. The zero-order valence-electron chi connectivity index (χ0n) is 6.41. The van der Waals surface area contributed by atoms with Crippen LogP contribution in [0, 0.1) is 0 Å². The fraction of sp³-hybridized carbons (Fsp3) is 0.125. The smallest absolute Gasteiger partial charge is 0.409 e. The van der Waals surface area contributed by atoms with Crippen LogP contribution in [-0.4, -0.2) is 12.5 Å². The zero-order chi connectivity index (χ0) is 8.97. The Bertz CT molecular complexity index is 285. The highest BCUT2D eigenvalue weighted by atomic mass is 35.5. The van der Waals surface area contributed by atoms with Gasteiger partial charge in [-0.2, -0.15) is 0 Å². The molecule has 4 heteroatoms. The molecule has 0 aliphatic rings. The predicted molar refractivity (Wildman–Crippen MR) is 44.9 cm³/mol. The van der Waals surface area contributed by atoms with Gasteiger partial charge in [0.1, 0.15) is 0 Å². The lowest BCUT2D eigenvalue weighted by atomic mass is 10.3. The molecule has 1 aromatic rings. The number of methoxy groups -OCH3 is 1. The van der Waals surface area contributed by atoms with Crippen LogP contribution in [0.3, 0.4) is 0 Å². The average molecular weight is 187 g/mol. The lowest BCUT2D eigenvalue weighted by Gasteiger charge is -2.04. The first-order valence-electron chi connectivity index (χ1n) is 3.24. The largest absolute Gasteiger partial charge is 0.493 e.